The smallest absolute Gasteiger partial charge is 0.322 e. The second-order valence-electron chi connectivity index (χ2n) is 6.93. The van der Waals surface area contributed by atoms with Crippen LogP contribution in [-0.2, 0) is 11.3 Å². The fourth-order valence-corrected chi connectivity index (χ4v) is 3.26. The van der Waals surface area contributed by atoms with Crippen molar-refractivity contribution >= 4 is 17.5 Å². The first-order valence-corrected chi connectivity index (χ1v) is 9.46. The third kappa shape index (κ3) is 5.33. The van der Waals surface area contributed by atoms with Crippen LogP contribution in [0, 0.1) is 0 Å². The topological polar surface area (TPSA) is 67.9 Å². The number of methoxy groups -OCH3 is 1. The lowest BCUT2D eigenvalue weighted by Crippen LogP contribution is -2.39. The van der Waals surface area contributed by atoms with E-state index in [1.54, 1.807) is 36.3 Å². The molecular weight excluding hydrogens is 356 g/mol. The van der Waals surface area contributed by atoms with Crippen molar-refractivity contribution in [2.24, 2.45) is 0 Å². The number of amides is 2. The molecule has 1 aliphatic rings. The van der Waals surface area contributed by atoms with Crippen molar-refractivity contribution in [3.05, 3.63) is 59.7 Å². The number of ether oxygens (including phenoxy) is 2. The lowest BCUT2D eigenvalue weighted by atomic mass is 10.1. The number of carbonyl (C=O) groups is 2. The van der Waals surface area contributed by atoms with Gasteiger partial charge in [0.15, 0.2) is 5.78 Å². The van der Waals surface area contributed by atoms with E-state index in [0.717, 1.165) is 30.8 Å². The van der Waals surface area contributed by atoms with Crippen LogP contribution in [0.4, 0.5) is 10.5 Å². The molecule has 0 aromatic heterocycles. The lowest BCUT2D eigenvalue weighted by Gasteiger charge is -2.26. The molecule has 2 aromatic carbocycles. The number of hydrogen-bond acceptors (Lipinski definition) is 4. The third-order valence-electron chi connectivity index (χ3n) is 4.76. The second-order valence-corrected chi connectivity index (χ2v) is 6.93. The molecule has 1 atom stereocenters. The zero-order valence-electron chi connectivity index (χ0n) is 16.3. The van der Waals surface area contributed by atoms with Gasteiger partial charge in [-0.1, -0.05) is 24.3 Å². The van der Waals surface area contributed by atoms with Crippen LogP contribution in [0.3, 0.4) is 0 Å². The van der Waals surface area contributed by atoms with E-state index in [0.29, 0.717) is 24.3 Å². The van der Waals surface area contributed by atoms with Crippen LogP contribution in [0.5, 0.6) is 5.75 Å². The molecular formula is C22H26N2O4. The monoisotopic (exact) mass is 382 g/mol. The Kier molecular flexibility index (Phi) is 6.66. The Morgan fingerprint density at radius 2 is 2.04 bits per heavy atom. The fourth-order valence-electron chi connectivity index (χ4n) is 3.26. The number of rotatable bonds is 7. The van der Waals surface area contributed by atoms with Gasteiger partial charge in [-0.2, -0.15) is 0 Å². The molecule has 2 aromatic rings. The van der Waals surface area contributed by atoms with E-state index in [1.165, 1.54) is 6.92 Å². The van der Waals surface area contributed by atoms with Crippen molar-refractivity contribution in [1.82, 2.24) is 4.90 Å². The van der Waals surface area contributed by atoms with Gasteiger partial charge in [-0.05, 0) is 49.6 Å². The molecule has 1 aliphatic heterocycles. The third-order valence-corrected chi connectivity index (χ3v) is 4.76. The van der Waals surface area contributed by atoms with E-state index >= 15 is 0 Å². The van der Waals surface area contributed by atoms with Crippen molar-refractivity contribution in [2.45, 2.75) is 32.4 Å². The molecule has 6 nitrogen and oxygen atoms in total. The number of ketones is 1. The quantitative estimate of drug-likeness (QED) is 0.732. The van der Waals surface area contributed by atoms with E-state index in [-0.39, 0.29) is 17.9 Å². The van der Waals surface area contributed by atoms with Crippen LogP contribution in [0.2, 0.25) is 0 Å². The summed E-state index contributed by atoms with van der Waals surface area (Å²) in [5.74, 6) is 0.716. The number of hydrogen-bond donors (Lipinski definition) is 1. The van der Waals surface area contributed by atoms with Crippen molar-refractivity contribution in [2.75, 3.05) is 25.6 Å². The molecule has 0 aliphatic carbocycles. The summed E-state index contributed by atoms with van der Waals surface area (Å²) < 4.78 is 11.0. The first-order chi connectivity index (χ1) is 13.5. The maximum atomic E-state index is 13.0. The standard InChI is InChI=1S/C22H26N2O4/c1-16(25)18-7-4-8-19(13-18)23-22(26)24(15-21-10-5-11-28-21)14-17-6-3-9-20(12-17)27-2/h3-4,6-9,12-13,21H,5,10-11,14-15H2,1-2H3,(H,23,26). The summed E-state index contributed by atoms with van der Waals surface area (Å²) >= 11 is 0. The number of anilines is 1. The minimum absolute atomic E-state index is 0.0382. The molecule has 1 unspecified atom stereocenters. The molecule has 1 saturated heterocycles. The van der Waals surface area contributed by atoms with Gasteiger partial charge in [-0.25, -0.2) is 4.79 Å². The highest BCUT2D eigenvalue weighted by atomic mass is 16.5. The van der Waals surface area contributed by atoms with Gasteiger partial charge < -0.3 is 19.7 Å². The van der Waals surface area contributed by atoms with E-state index in [1.807, 2.05) is 24.3 Å². The maximum Gasteiger partial charge on any atom is 0.322 e. The number of nitrogens with zero attached hydrogens (tertiary/aromatic N) is 1. The van der Waals surface area contributed by atoms with E-state index < -0.39 is 0 Å². The zero-order valence-corrected chi connectivity index (χ0v) is 16.3. The molecule has 148 valence electrons. The normalized spacial score (nSPS) is 15.9. The Morgan fingerprint density at radius 1 is 1.21 bits per heavy atom. The highest BCUT2D eigenvalue weighted by molar-refractivity contribution is 5.96. The number of Topliss-reactive ketones (excluding diaryl/α,β-unsaturated/α-hetero) is 1. The molecule has 1 fully saturated rings. The summed E-state index contributed by atoms with van der Waals surface area (Å²) in [6.07, 6.45) is 2.00. The summed E-state index contributed by atoms with van der Waals surface area (Å²) in [5.41, 5.74) is 2.14. The summed E-state index contributed by atoms with van der Waals surface area (Å²) in [5, 5.41) is 2.91. The predicted octanol–water partition coefficient (Wildman–Crippen LogP) is 4.11. The summed E-state index contributed by atoms with van der Waals surface area (Å²) in [7, 11) is 1.62. The maximum absolute atomic E-state index is 13.0. The Balaban J connectivity index is 1.75. The van der Waals surface area contributed by atoms with E-state index in [4.69, 9.17) is 9.47 Å². The van der Waals surface area contributed by atoms with Crippen molar-refractivity contribution in [3.8, 4) is 5.75 Å². The highest BCUT2D eigenvalue weighted by Gasteiger charge is 2.23. The molecule has 2 amide bonds. The van der Waals surface area contributed by atoms with Crippen LogP contribution in [0.1, 0.15) is 35.7 Å². The van der Waals surface area contributed by atoms with Gasteiger partial charge >= 0.3 is 6.03 Å². The minimum atomic E-state index is -0.223. The number of nitrogens with one attached hydrogen (secondary N) is 1. The van der Waals surface area contributed by atoms with Crippen molar-refractivity contribution < 1.29 is 19.1 Å². The minimum Gasteiger partial charge on any atom is -0.497 e. The van der Waals surface area contributed by atoms with Gasteiger partial charge in [0.2, 0.25) is 0 Å². The molecule has 28 heavy (non-hydrogen) atoms. The van der Waals surface area contributed by atoms with Crippen LogP contribution in [-0.4, -0.2) is 43.1 Å². The molecule has 0 saturated carbocycles. The van der Waals surface area contributed by atoms with Crippen LogP contribution >= 0.6 is 0 Å². The molecule has 1 N–H and O–H groups in total. The number of benzene rings is 2. The number of carbonyl (C=O) groups excluding carboxylic acids is 2. The first kappa shape index (κ1) is 19.9. The average Bonchev–Trinajstić information content (AvgIpc) is 3.21. The zero-order chi connectivity index (χ0) is 19.9. The average molecular weight is 382 g/mol. The summed E-state index contributed by atoms with van der Waals surface area (Å²) in [4.78, 5) is 26.3. The SMILES string of the molecule is COc1cccc(CN(CC2CCCO2)C(=O)Nc2cccc(C(C)=O)c2)c1. The molecule has 0 radical (unpaired) electrons. The summed E-state index contributed by atoms with van der Waals surface area (Å²) in [6.45, 7) is 3.19. The van der Waals surface area contributed by atoms with Crippen molar-refractivity contribution in [3.63, 3.8) is 0 Å². The number of urea groups is 1. The summed E-state index contributed by atoms with van der Waals surface area (Å²) in [6, 6.07) is 14.4. The first-order valence-electron chi connectivity index (χ1n) is 9.46. The molecule has 3 rings (SSSR count). The van der Waals surface area contributed by atoms with Crippen LogP contribution in [0.15, 0.2) is 48.5 Å². The Labute approximate surface area is 165 Å². The van der Waals surface area contributed by atoms with Crippen LogP contribution < -0.4 is 10.1 Å². The molecule has 6 heteroatoms. The Bertz CT molecular complexity index is 831. The fraction of sp³-hybridized carbons (Fsp3) is 0.364. The Morgan fingerprint density at radius 3 is 2.75 bits per heavy atom. The van der Waals surface area contributed by atoms with Gasteiger partial charge in [0, 0.05) is 30.9 Å². The van der Waals surface area contributed by atoms with Crippen molar-refractivity contribution in [1.29, 1.82) is 0 Å². The van der Waals surface area contributed by atoms with Gasteiger partial charge in [-0.15, -0.1) is 0 Å². The van der Waals surface area contributed by atoms with Gasteiger partial charge in [0.05, 0.1) is 13.2 Å². The van der Waals surface area contributed by atoms with Crippen LogP contribution in [0.25, 0.3) is 0 Å². The van der Waals surface area contributed by atoms with E-state index in [9.17, 15) is 9.59 Å². The van der Waals surface area contributed by atoms with Gasteiger partial charge in [0.1, 0.15) is 5.75 Å². The lowest BCUT2D eigenvalue weighted by molar-refractivity contribution is 0.0819. The molecule has 0 spiro atoms. The molecule has 1 heterocycles. The highest BCUT2D eigenvalue weighted by Crippen LogP contribution is 2.19. The Hall–Kier alpha value is -2.86. The second kappa shape index (κ2) is 9.37. The predicted molar refractivity (Wildman–Crippen MR) is 108 cm³/mol. The molecule has 0 bridgehead atoms. The van der Waals surface area contributed by atoms with E-state index in [2.05, 4.69) is 5.32 Å². The largest absolute Gasteiger partial charge is 0.497 e. The van der Waals surface area contributed by atoms with Gasteiger partial charge in [0.25, 0.3) is 0 Å². The van der Waals surface area contributed by atoms with Gasteiger partial charge in [-0.3, -0.25) is 4.79 Å².